The van der Waals surface area contributed by atoms with Crippen LogP contribution in [-0.4, -0.2) is 28.1 Å². The van der Waals surface area contributed by atoms with Gasteiger partial charge in [-0.3, -0.25) is 0 Å². The lowest BCUT2D eigenvalue weighted by molar-refractivity contribution is -0.137. The zero-order valence-corrected chi connectivity index (χ0v) is 13.9. The third kappa shape index (κ3) is 4.26. The van der Waals surface area contributed by atoms with Crippen molar-refractivity contribution in [2.75, 3.05) is 19.6 Å². The Morgan fingerprint density at radius 3 is 2.50 bits per heavy atom. The van der Waals surface area contributed by atoms with Crippen molar-refractivity contribution >= 4 is 10.0 Å². The van der Waals surface area contributed by atoms with E-state index < -0.39 is 27.3 Å². The molecule has 0 amide bonds. The number of benzene rings is 1. The van der Waals surface area contributed by atoms with E-state index >= 15 is 0 Å². The maximum absolute atomic E-state index is 12.8. The smallest absolute Gasteiger partial charge is 0.317 e. The van der Waals surface area contributed by atoms with Crippen LogP contribution in [0.4, 0.5) is 13.2 Å². The van der Waals surface area contributed by atoms with Gasteiger partial charge in [-0.1, -0.05) is 6.92 Å². The molecule has 0 saturated carbocycles. The molecule has 1 fully saturated rings. The average molecular weight is 361 g/mol. The summed E-state index contributed by atoms with van der Waals surface area (Å²) in [7, 11) is -3.98. The van der Waals surface area contributed by atoms with Crippen molar-refractivity contribution in [3.05, 3.63) is 29.3 Å². The van der Waals surface area contributed by atoms with E-state index in [4.69, 9.17) is 5.26 Å². The number of sulfonamides is 1. The predicted octanol–water partition coefficient (Wildman–Crippen LogP) is 2.25. The monoisotopic (exact) mass is 361 g/mol. The van der Waals surface area contributed by atoms with E-state index in [1.54, 1.807) is 0 Å². The van der Waals surface area contributed by atoms with E-state index in [-0.39, 0.29) is 16.9 Å². The zero-order valence-electron chi connectivity index (χ0n) is 13.1. The SMILES string of the molecule is CC1(CNS(=O)(=O)c2ccc(C(F)(F)F)c(C#N)c2)CCNCC1. The number of nitriles is 1. The number of halogens is 3. The molecule has 1 aromatic carbocycles. The van der Waals surface area contributed by atoms with Crippen molar-refractivity contribution < 1.29 is 21.6 Å². The molecule has 9 heteroatoms. The summed E-state index contributed by atoms with van der Waals surface area (Å²) in [4.78, 5) is -0.343. The highest BCUT2D eigenvalue weighted by molar-refractivity contribution is 7.89. The molecule has 1 aromatic rings. The van der Waals surface area contributed by atoms with Crippen LogP contribution in [0.25, 0.3) is 0 Å². The van der Waals surface area contributed by atoms with Gasteiger partial charge in [-0.2, -0.15) is 18.4 Å². The third-order valence-electron chi connectivity index (χ3n) is 4.23. The molecule has 2 N–H and O–H groups in total. The zero-order chi connectivity index (χ0) is 18.0. The van der Waals surface area contributed by atoms with Gasteiger partial charge in [0.2, 0.25) is 10.0 Å². The summed E-state index contributed by atoms with van der Waals surface area (Å²) in [5, 5.41) is 12.1. The van der Waals surface area contributed by atoms with Crippen LogP contribution >= 0.6 is 0 Å². The first-order valence-corrected chi connectivity index (χ1v) is 8.87. The van der Waals surface area contributed by atoms with E-state index in [1.807, 2.05) is 6.92 Å². The number of hydrogen-bond donors (Lipinski definition) is 2. The Morgan fingerprint density at radius 2 is 1.96 bits per heavy atom. The molecular weight excluding hydrogens is 343 g/mol. The Morgan fingerprint density at radius 1 is 1.33 bits per heavy atom. The maximum Gasteiger partial charge on any atom is 0.417 e. The summed E-state index contributed by atoms with van der Waals surface area (Å²) in [5.41, 5.74) is -2.06. The van der Waals surface area contributed by atoms with Gasteiger partial charge in [0.15, 0.2) is 0 Å². The number of hydrogen-bond acceptors (Lipinski definition) is 4. The summed E-state index contributed by atoms with van der Waals surface area (Å²) in [5.74, 6) is 0. The van der Waals surface area contributed by atoms with Gasteiger partial charge in [0, 0.05) is 6.54 Å². The first kappa shape index (κ1) is 18.7. The maximum atomic E-state index is 12.8. The van der Waals surface area contributed by atoms with Crippen LogP contribution in [0, 0.1) is 16.7 Å². The molecule has 0 aromatic heterocycles. The van der Waals surface area contributed by atoms with Crippen LogP contribution in [0.3, 0.4) is 0 Å². The van der Waals surface area contributed by atoms with Gasteiger partial charge in [-0.25, -0.2) is 13.1 Å². The number of piperidine rings is 1. The van der Waals surface area contributed by atoms with Crippen LogP contribution in [0.5, 0.6) is 0 Å². The van der Waals surface area contributed by atoms with Gasteiger partial charge in [-0.15, -0.1) is 0 Å². The molecule has 0 unspecified atom stereocenters. The Kier molecular flexibility index (Phi) is 5.22. The van der Waals surface area contributed by atoms with Gasteiger partial charge in [-0.05, 0) is 49.5 Å². The molecule has 0 atom stereocenters. The number of rotatable bonds is 4. The molecule has 1 aliphatic rings. The van der Waals surface area contributed by atoms with Crippen LogP contribution < -0.4 is 10.0 Å². The standard InChI is InChI=1S/C15H18F3N3O2S/c1-14(4-6-20-7-5-14)10-21-24(22,23)12-2-3-13(15(16,17)18)11(8-12)9-19/h2-3,8,20-21H,4-7,10H2,1H3. The second-order valence-electron chi connectivity index (χ2n) is 6.20. The van der Waals surface area contributed by atoms with Gasteiger partial charge in [0.25, 0.3) is 0 Å². The fourth-order valence-corrected chi connectivity index (χ4v) is 3.82. The molecular formula is C15H18F3N3O2S. The van der Waals surface area contributed by atoms with Gasteiger partial charge < -0.3 is 5.32 Å². The normalized spacial score (nSPS) is 18.1. The third-order valence-corrected chi connectivity index (χ3v) is 5.63. The second kappa shape index (κ2) is 6.70. The topological polar surface area (TPSA) is 82.0 Å². The Balaban J connectivity index is 2.22. The Bertz CT molecular complexity index is 748. The second-order valence-corrected chi connectivity index (χ2v) is 7.97. The molecule has 24 heavy (non-hydrogen) atoms. The molecule has 2 rings (SSSR count). The lowest BCUT2D eigenvalue weighted by atomic mass is 9.81. The highest BCUT2D eigenvalue weighted by Gasteiger charge is 2.35. The highest BCUT2D eigenvalue weighted by atomic mass is 32.2. The van der Waals surface area contributed by atoms with E-state index in [0.717, 1.165) is 38.1 Å². The lowest BCUT2D eigenvalue weighted by Crippen LogP contribution is -2.42. The van der Waals surface area contributed by atoms with Crippen molar-refractivity contribution in [2.24, 2.45) is 5.41 Å². The van der Waals surface area contributed by atoms with Crippen LogP contribution in [0.1, 0.15) is 30.9 Å². The Labute approximate surface area is 138 Å². The number of nitrogens with one attached hydrogen (secondary N) is 2. The van der Waals surface area contributed by atoms with Crippen molar-refractivity contribution in [1.82, 2.24) is 10.0 Å². The number of alkyl halides is 3. The Hall–Kier alpha value is -1.63. The summed E-state index contributed by atoms with van der Waals surface area (Å²) < 4.78 is 65.5. The van der Waals surface area contributed by atoms with Gasteiger partial charge in [0.05, 0.1) is 22.1 Å². The molecule has 1 aliphatic heterocycles. The van der Waals surface area contributed by atoms with Crippen molar-refractivity contribution in [1.29, 1.82) is 5.26 Å². The quantitative estimate of drug-likeness (QED) is 0.862. The molecule has 0 spiro atoms. The van der Waals surface area contributed by atoms with Gasteiger partial charge >= 0.3 is 6.18 Å². The summed E-state index contributed by atoms with van der Waals surface area (Å²) in [6, 6.07) is 3.66. The van der Waals surface area contributed by atoms with Crippen molar-refractivity contribution in [2.45, 2.75) is 30.8 Å². The minimum Gasteiger partial charge on any atom is -0.317 e. The molecule has 0 radical (unpaired) electrons. The molecule has 5 nitrogen and oxygen atoms in total. The number of nitrogens with zero attached hydrogens (tertiary/aromatic N) is 1. The summed E-state index contributed by atoms with van der Waals surface area (Å²) in [6.45, 7) is 3.73. The fourth-order valence-electron chi connectivity index (χ4n) is 2.59. The van der Waals surface area contributed by atoms with Crippen LogP contribution in [-0.2, 0) is 16.2 Å². The predicted molar refractivity (Wildman–Crippen MR) is 81.6 cm³/mol. The van der Waals surface area contributed by atoms with E-state index in [2.05, 4.69) is 10.0 Å². The van der Waals surface area contributed by atoms with E-state index in [9.17, 15) is 21.6 Å². The molecule has 0 aliphatic carbocycles. The first-order chi connectivity index (χ1) is 11.1. The highest BCUT2D eigenvalue weighted by Crippen LogP contribution is 2.33. The molecule has 132 valence electrons. The summed E-state index contributed by atoms with van der Waals surface area (Å²) >= 11 is 0. The average Bonchev–Trinajstić information content (AvgIpc) is 2.52. The first-order valence-electron chi connectivity index (χ1n) is 7.39. The molecule has 1 heterocycles. The van der Waals surface area contributed by atoms with Crippen LogP contribution in [0.2, 0.25) is 0 Å². The van der Waals surface area contributed by atoms with Crippen molar-refractivity contribution in [3.63, 3.8) is 0 Å². The molecule has 0 bridgehead atoms. The lowest BCUT2D eigenvalue weighted by Gasteiger charge is -2.34. The van der Waals surface area contributed by atoms with Crippen molar-refractivity contribution in [3.8, 4) is 6.07 Å². The van der Waals surface area contributed by atoms with Crippen LogP contribution in [0.15, 0.2) is 23.1 Å². The van der Waals surface area contributed by atoms with E-state index in [1.165, 1.54) is 6.07 Å². The van der Waals surface area contributed by atoms with E-state index in [0.29, 0.717) is 6.07 Å². The largest absolute Gasteiger partial charge is 0.417 e. The minimum atomic E-state index is -4.71. The minimum absolute atomic E-state index is 0.194. The fraction of sp³-hybridized carbons (Fsp3) is 0.533. The summed E-state index contributed by atoms with van der Waals surface area (Å²) in [6.07, 6.45) is -3.11. The molecule has 1 saturated heterocycles. The van der Waals surface area contributed by atoms with Gasteiger partial charge in [0.1, 0.15) is 0 Å².